The van der Waals surface area contributed by atoms with Crippen LogP contribution < -0.4 is 0 Å². The zero-order valence-corrected chi connectivity index (χ0v) is 25.5. The summed E-state index contributed by atoms with van der Waals surface area (Å²) in [7, 11) is 0. The summed E-state index contributed by atoms with van der Waals surface area (Å²) in [6, 6.07) is 6.60. The van der Waals surface area contributed by atoms with Crippen molar-refractivity contribution in [2.75, 3.05) is 32.8 Å². The summed E-state index contributed by atoms with van der Waals surface area (Å²) in [4.78, 5) is 48.4. The van der Waals surface area contributed by atoms with Crippen LogP contribution in [-0.2, 0) is 25.8 Å². The van der Waals surface area contributed by atoms with Crippen molar-refractivity contribution in [2.45, 2.75) is 70.4 Å². The molecular formula is C32H44N6O5. The van der Waals surface area contributed by atoms with Crippen molar-refractivity contribution >= 4 is 28.8 Å². The number of benzene rings is 1. The van der Waals surface area contributed by atoms with Gasteiger partial charge in [0.2, 0.25) is 17.7 Å². The van der Waals surface area contributed by atoms with Crippen LogP contribution in [0.5, 0.6) is 0 Å². The molecule has 3 saturated heterocycles. The lowest BCUT2D eigenvalue weighted by atomic mass is 9.62. The number of fused-ring (bicyclic) bond motifs is 2. The van der Waals surface area contributed by atoms with Gasteiger partial charge in [-0.3, -0.25) is 14.4 Å². The van der Waals surface area contributed by atoms with Gasteiger partial charge in [-0.15, -0.1) is 18.3 Å². The fourth-order valence-corrected chi connectivity index (χ4v) is 7.67. The highest BCUT2D eigenvalue weighted by molar-refractivity contribution is 5.99. The fourth-order valence-electron chi connectivity index (χ4n) is 7.67. The first kappa shape index (κ1) is 30.9. The van der Waals surface area contributed by atoms with E-state index in [1.54, 1.807) is 31.5 Å². The number of aliphatic hydroxyl groups excluding tert-OH is 1. The Balaban J connectivity index is 1.56. The molecule has 5 rings (SSSR count). The number of hydrogen-bond donors (Lipinski definition) is 1. The second-order valence-corrected chi connectivity index (χ2v) is 12.3. The molecule has 6 atom stereocenters. The fraction of sp³-hybridized carbons (Fsp3) is 0.594. The molecule has 3 fully saturated rings. The minimum Gasteiger partial charge on any atom is -0.396 e. The van der Waals surface area contributed by atoms with Crippen LogP contribution in [0.4, 0.5) is 0 Å². The van der Waals surface area contributed by atoms with Gasteiger partial charge in [-0.05, 0) is 50.7 Å². The number of aromatic nitrogens is 3. The van der Waals surface area contributed by atoms with Gasteiger partial charge in [-0.2, -0.15) is 0 Å². The van der Waals surface area contributed by atoms with E-state index >= 15 is 0 Å². The number of unbranched alkanes of at least 4 members (excludes halogenated alkanes) is 1. The summed E-state index contributed by atoms with van der Waals surface area (Å²) in [5.41, 5.74) is -0.555. The quantitative estimate of drug-likeness (QED) is 0.264. The van der Waals surface area contributed by atoms with E-state index in [0.717, 1.165) is 11.9 Å². The highest BCUT2D eigenvalue weighted by atomic mass is 16.5. The van der Waals surface area contributed by atoms with Gasteiger partial charge in [0.15, 0.2) is 0 Å². The molecule has 1 aromatic carbocycles. The topological polar surface area (TPSA) is 121 Å². The summed E-state index contributed by atoms with van der Waals surface area (Å²) in [5, 5.41) is 18.0. The lowest BCUT2D eigenvalue weighted by Crippen LogP contribution is -2.57. The van der Waals surface area contributed by atoms with E-state index in [9.17, 15) is 19.5 Å². The van der Waals surface area contributed by atoms with Crippen LogP contribution in [-0.4, -0.2) is 103 Å². The number of likely N-dealkylation sites (tertiary alicyclic amines) is 1. The number of nitrogens with zero attached hydrogens (tertiary/aromatic N) is 6. The van der Waals surface area contributed by atoms with Gasteiger partial charge in [0.1, 0.15) is 23.8 Å². The molecule has 4 heterocycles. The summed E-state index contributed by atoms with van der Waals surface area (Å²) in [6.07, 6.45) is 5.62. The van der Waals surface area contributed by atoms with Crippen molar-refractivity contribution in [1.82, 2.24) is 29.7 Å². The molecule has 3 unspecified atom stereocenters. The van der Waals surface area contributed by atoms with Crippen LogP contribution in [0.15, 0.2) is 49.6 Å². The van der Waals surface area contributed by atoms with E-state index in [0.29, 0.717) is 37.9 Å². The first-order valence-electron chi connectivity index (χ1n) is 15.4. The van der Waals surface area contributed by atoms with E-state index < -0.39 is 29.1 Å². The van der Waals surface area contributed by atoms with E-state index in [4.69, 9.17) is 4.74 Å². The van der Waals surface area contributed by atoms with Crippen molar-refractivity contribution in [3.8, 4) is 0 Å². The Hall–Kier alpha value is -3.57. The number of amides is 3. The van der Waals surface area contributed by atoms with Crippen LogP contribution in [0.25, 0.3) is 11.0 Å². The molecule has 43 heavy (non-hydrogen) atoms. The average molecular weight is 593 g/mol. The molecule has 11 nitrogen and oxygen atoms in total. The van der Waals surface area contributed by atoms with Gasteiger partial charge >= 0.3 is 0 Å². The monoisotopic (exact) mass is 592 g/mol. The molecule has 11 heteroatoms. The van der Waals surface area contributed by atoms with Crippen LogP contribution in [0.2, 0.25) is 0 Å². The Morgan fingerprint density at radius 2 is 1.88 bits per heavy atom. The number of carbonyl (C=O) groups excluding carboxylic acids is 3. The number of hydrogen-bond acceptors (Lipinski definition) is 7. The van der Waals surface area contributed by atoms with Crippen LogP contribution in [0.3, 0.4) is 0 Å². The van der Waals surface area contributed by atoms with E-state index in [1.165, 1.54) is 0 Å². The molecule has 232 valence electrons. The summed E-state index contributed by atoms with van der Waals surface area (Å²) < 4.78 is 8.57. The second kappa shape index (κ2) is 12.2. The Labute approximate surface area is 253 Å². The third-order valence-corrected chi connectivity index (χ3v) is 9.66. The molecule has 0 radical (unpaired) electrons. The SMILES string of the molecule is C=CCN(Cn1nnc2ccccc21)C(=O)C1N(CCCCO)C(=O)[C@@H]2[C@@H](C(=O)N(CC=C)CCC)[C@]3(C)OC12CC3C. The molecule has 2 aromatic rings. The molecule has 1 aromatic heterocycles. The first-order valence-corrected chi connectivity index (χ1v) is 15.4. The molecule has 2 bridgehead atoms. The number of aliphatic hydroxyl groups is 1. The Kier molecular flexibility index (Phi) is 8.76. The lowest BCUT2D eigenvalue weighted by molar-refractivity contribution is -0.155. The largest absolute Gasteiger partial charge is 0.396 e. The number of rotatable bonds is 14. The van der Waals surface area contributed by atoms with Crippen molar-refractivity contribution in [3.05, 3.63) is 49.6 Å². The minimum absolute atomic E-state index is 0.0164. The summed E-state index contributed by atoms with van der Waals surface area (Å²) in [6.45, 7) is 15.2. The van der Waals surface area contributed by atoms with E-state index in [1.807, 2.05) is 45.0 Å². The smallest absolute Gasteiger partial charge is 0.250 e. The van der Waals surface area contributed by atoms with Crippen LogP contribution in [0.1, 0.15) is 46.5 Å². The molecule has 0 aliphatic carbocycles. The predicted molar refractivity (Wildman–Crippen MR) is 161 cm³/mol. The molecule has 3 amide bonds. The predicted octanol–water partition coefficient (Wildman–Crippen LogP) is 2.61. The maximum absolute atomic E-state index is 14.7. The molecule has 3 aliphatic rings. The van der Waals surface area contributed by atoms with E-state index in [2.05, 4.69) is 23.5 Å². The number of carbonyl (C=O) groups is 3. The van der Waals surface area contributed by atoms with Crippen LogP contribution in [0, 0.1) is 17.8 Å². The molecule has 1 spiro atoms. The summed E-state index contributed by atoms with van der Waals surface area (Å²) in [5.74, 6) is -2.20. The maximum atomic E-state index is 14.7. The second-order valence-electron chi connectivity index (χ2n) is 12.3. The first-order chi connectivity index (χ1) is 20.7. The zero-order valence-electron chi connectivity index (χ0n) is 25.5. The van der Waals surface area contributed by atoms with Crippen molar-refractivity contribution < 1.29 is 24.2 Å². The molecule has 0 saturated carbocycles. The van der Waals surface area contributed by atoms with Crippen molar-refractivity contribution in [1.29, 1.82) is 0 Å². The highest BCUT2D eigenvalue weighted by Gasteiger charge is 2.80. The normalized spacial score (nSPS) is 29.2. The molecule has 1 N–H and O–H groups in total. The summed E-state index contributed by atoms with van der Waals surface area (Å²) >= 11 is 0. The number of para-hydroxylation sites is 1. The third-order valence-electron chi connectivity index (χ3n) is 9.66. The molecular weight excluding hydrogens is 548 g/mol. The van der Waals surface area contributed by atoms with E-state index in [-0.39, 0.29) is 50.0 Å². The minimum atomic E-state index is -1.15. The maximum Gasteiger partial charge on any atom is 0.250 e. The van der Waals surface area contributed by atoms with Crippen LogP contribution >= 0.6 is 0 Å². The van der Waals surface area contributed by atoms with Gasteiger partial charge in [-0.25, -0.2) is 4.68 Å². The average Bonchev–Trinajstić information content (AvgIpc) is 3.66. The van der Waals surface area contributed by atoms with Gasteiger partial charge in [-0.1, -0.05) is 43.3 Å². The lowest BCUT2D eigenvalue weighted by Gasteiger charge is -2.39. The Morgan fingerprint density at radius 1 is 1.16 bits per heavy atom. The van der Waals surface area contributed by atoms with Gasteiger partial charge in [0.05, 0.1) is 23.0 Å². The zero-order chi connectivity index (χ0) is 30.9. The Morgan fingerprint density at radius 3 is 2.58 bits per heavy atom. The molecule has 3 aliphatic heterocycles. The highest BCUT2D eigenvalue weighted by Crippen LogP contribution is 2.65. The van der Waals surface area contributed by atoms with Gasteiger partial charge in [0, 0.05) is 32.8 Å². The Bertz CT molecular complexity index is 1390. The standard InChI is InChI=1S/C32H44N6O5/c1-6-15-35(16-7-2)28(40)25-26-29(41)37(18-11-12-19-39)27(32(26)20-22(4)31(25,5)43-32)30(42)36(17-8-3)21-38-24-14-10-9-13-23(24)33-34-38/h6,8-10,13-14,22,25-27,39H,1,3,7,11-12,15-21H2,2,4-5H3/t22?,25-,26-,27?,31+,32?/m0/s1. The van der Waals surface area contributed by atoms with Gasteiger partial charge in [0.25, 0.3) is 0 Å². The number of ether oxygens (including phenoxy) is 1. The van der Waals surface area contributed by atoms with Crippen molar-refractivity contribution in [2.24, 2.45) is 17.8 Å². The van der Waals surface area contributed by atoms with Crippen molar-refractivity contribution in [3.63, 3.8) is 0 Å². The van der Waals surface area contributed by atoms with Gasteiger partial charge < -0.3 is 24.5 Å². The third kappa shape index (κ3) is 4.96.